The number of hydrogen-bond donors (Lipinski definition) is 0. The standard InChI is InChI=1S/C12H13IN2O3/c1-12(2,3)17-11(16)18-15-7-9(13)8-6-14-5-4-10(8)15/h4-7H,1-3H3. The van der Waals surface area contributed by atoms with E-state index in [4.69, 9.17) is 9.57 Å². The van der Waals surface area contributed by atoms with Gasteiger partial charge in [0.05, 0.1) is 11.7 Å². The summed E-state index contributed by atoms with van der Waals surface area (Å²) < 4.78 is 7.45. The summed E-state index contributed by atoms with van der Waals surface area (Å²) in [7, 11) is 0. The maximum absolute atomic E-state index is 11.6. The van der Waals surface area contributed by atoms with Crippen molar-refractivity contribution < 1.29 is 14.4 Å². The van der Waals surface area contributed by atoms with Gasteiger partial charge in [0, 0.05) is 21.4 Å². The quantitative estimate of drug-likeness (QED) is 0.580. The number of rotatable bonds is 1. The third-order valence-electron chi connectivity index (χ3n) is 2.09. The minimum Gasteiger partial charge on any atom is -0.427 e. The molecule has 2 aromatic rings. The smallest absolute Gasteiger partial charge is 0.427 e. The predicted molar refractivity (Wildman–Crippen MR) is 75.3 cm³/mol. The molecule has 0 spiro atoms. The van der Waals surface area contributed by atoms with Crippen molar-refractivity contribution in [2.24, 2.45) is 0 Å². The summed E-state index contributed by atoms with van der Waals surface area (Å²) in [5.41, 5.74) is 0.203. The second-order valence-corrected chi connectivity index (χ2v) is 5.91. The van der Waals surface area contributed by atoms with Crippen molar-refractivity contribution in [3.8, 4) is 0 Å². The molecule has 2 heterocycles. The molecule has 0 atom stereocenters. The molecule has 0 bridgehead atoms. The van der Waals surface area contributed by atoms with Gasteiger partial charge in [0.25, 0.3) is 0 Å². The molecule has 0 saturated carbocycles. The van der Waals surface area contributed by atoms with Gasteiger partial charge in [-0.3, -0.25) is 4.98 Å². The molecule has 0 amide bonds. The Kier molecular flexibility index (Phi) is 3.47. The first kappa shape index (κ1) is 13.1. The zero-order valence-corrected chi connectivity index (χ0v) is 12.5. The molecule has 18 heavy (non-hydrogen) atoms. The number of carbonyl (C=O) groups is 1. The first-order chi connectivity index (χ1) is 8.37. The molecule has 0 aliphatic heterocycles. The van der Waals surface area contributed by atoms with Crippen molar-refractivity contribution in [1.29, 1.82) is 0 Å². The number of carbonyl (C=O) groups excluding carboxylic acids is 1. The largest absolute Gasteiger partial charge is 0.534 e. The third-order valence-corrected chi connectivity index (χ3v) is 2.95. The maximum Gasteiger partial charge on any atom is 0.534 e. The fourth-order valence-electron chi connectivity index (χ4n) is 1.43. The lowest BCUT2D eigenvalue weighted by molar-refractivity contribution is -0.00878. The van der Waals surface area contributed by atoms with Gasteiger partial charge < -0.3 is 9.57 Å². The molecule has 2 aromatic heterocycles. The summed E-state index contributed by atoms with van der Waals surface area (Å²) in [6.07, 6.45) is 4.36. The van der Waals surface area contributed by atoms with Crippen molar-refractivity contribution in [2.45, 2.75) is 26.4 Å². The molecule has 0 aliphatic rings. The van der Waals surface area contributed by atoms with Crippen molar-refractivity contribution in [2.75, 3.05) is 0 Å². The van der Waals surface area contributed by atoms with Gasteiger partial charge in [-0.2, -0.15) is 4.73 Å². The molecule has 96 valence electrons. The summed E-state index contributed by atoms with van der Waals surface area (Å²) in [6.45, 7) is 5.36. The zero-order chi connectivity index (χ0) is 13.3. The number of ether oxygens (including phenoxy) is 1. The Bertz CT molecular complexity index is 587. The van der Waals surface area contributed by atoms with Crippen molar-refractivity contribution in [3.05, 3.63) is 28.2 Å². The number of hydrogen-bond acceptors (Lipinski definition) is 4. The highest BCUT2D eigenvalue weighted by Gasteiger charge is 2.19. The van der Waals surface area contributed by atoms with Crippen LogP contribution in [0.3, 0.4) is 0 Å². The van der Waals surface area contributed by atoms with Gasteiger partial charge in [-0.15, -0.1) is 0 Å². The van der Waals surface area contributed by atoms with Gasteiger partial charge in [0.1, 0.15) is 5.60 Å². The van der Waals surface area contributed by atoms with E-state index in [0.29, 0.717) is 0 Å². The predicted octanol–water partition coefficient (Wildman–Crippen LogP) is 3.00. The van der Waals surface area contributed by atoms with E-state index in [1.807, 2.05) is 0 Å². The Morgan fingerprint density at radius 3 is 2.83 bits per heavy atom. The van der Waals surface area contributed by atoms with E-state index >= 15 is 0 Å². The molecule has 5 nitrogen and oxygen atoms in total. The van der Waals surface area contributed by atoms with Crippen LogP contribution in [0.4, 0.5) is 4.79 Å². The summed E-state index contributed by atoms with van der Waals surface area (Å²) in [5, 5.41) is 0.932. The minimum atomic E-state index is -0.729. The molecule has 0 saturated heterocycles. The Labute approximate surface area is 118 Å². The Morgan fingerprint density at radius 2 is 2.17 bits per heavy atom. The van der Waals surface area contributed by atoms with Crippen LogP contribution < -0.4 is 4.84 Å². The van der Waals surface area contributed by atoms with Crippen LogP contribution in [0.15, 0.2) is 24.7 Å². The fraction of sp³-hybridized carbons (Fsp3) is 0.333. The SMILES string of the molecule is CC(C)(C)OC(=O)On1cc(I)c2cnccc21. The second-order valence-electron chi connectivity index (χ2n) is 4.75. The van der Waals surface area contributed by atoms with Gasteiger partial charge >= 0.3 is 6.16 Å². The van der Waals surface area contributed by atoms with Crippen LogP contribution in [-0.4, -0.2) is 21.5 Å². The van der Waals surface area contributed by atoms with E-state index in [0.717, 1.165) is 14.5 Å². The van der Waals surface area contributed by atoms with E-state index < -0.39 is 11.8 Å². The lowest BCUT2D eigenvalue weighted by Crippen LogP contribution is -2.29. The van der Waals surface area contributed by atoms with E-state index in [1.54, 1.807) is 45.4 Å². The first-order valence-corrected chi connectivity index (χ1v) is 6.46. The second kappa shape index (κ2) is 4.75. The highest BCUT2D eigenvalue weighted by atomic mass is 127. The van der Waals surface area contributed by atoms with Crippen molar-refractivity contribution in [1.82, 2.24) is 9.71 Å². The van der Waals surface area contributed by atoms with Crippen LogP contribution in [-0.2, 0) is 4.74 Å². The van der Waals surface area contributed by atoms with E-state index in [-0.39, 0.29) is 0 Å². The average molecular weight is 360 g/mol. The molecular weight excluding hydrogens is 347 g/mol. The van der Waals surface area contributed by atoms with Crippen molar-refractivity contribution in [3.63, 3.8) is 0 Å². The molecule has 6 heteroatoms. The van der Waals surface area contributed by atoms with E-state index in [9.17, 15) is 4.79 Å². The van der Waals surface area contributed by atoms with Crippen LogP contribution in [0.1, 0.15) is 20.8 Å². The van der Waals surface area contributed by atoms with Gasteiger partial charge in [-0.05, 0) is 49.4 Å². The highest BCUT2D eigenvalue weighted by Crippen LogP contribution is 2.21. The van der Waals surface area contributed by atoms with Crippen molar-refractivity contribution >= 4 is 39.6 Å². The van der Waals surface area contributed by atoms with Gasteiger partial charge in [0.15, 0.2) is 0 Å². The maximum atomic E-state index is 11.6. The summed E-state index contributed by atoms with van der Waals surface area (Å²) >= 11 is 2.16. The molecule has 0 radical (unpaired) electrons. The topological polar surface area (TPSA) is 53.4 Å². The molecule has 0 N–H and O–H groups in total. The lowest BCUT2D eigenvalue weighted by Gasteiger charge is -2.18. The number of aromatic nitrogens is 2. The average Bonchev–Trinajstić information content (AvgIpc) is 2.54. The lowest BCUT2D eigenvalue weighted by atomic mass is 10.2. The highest BCUT2D eigenvalue weighted by molar-refractivity contribution is 14.1. The molecule has 0 fully saturated rings. The Morgan fingerprint density at radius 1 is 1.44 bits per heavy atom. The summed E-state index contributed by atoms with van der Waals surface area (Å²) in [6, 6.07) is 1.78. The minimum absolute atomic E-state index is 0.575. The molecule has 2 rings (SSSR count). The molecule has 0 aromatic carbocycles. The van der Waals surface area contributed by atoms with Crippen LogP contribution in [0.25, 0.3) is 10.9 Å². The number of nitrogens with zero attached hydrogens (tertiary/aromatic N) is 2. The van der Waals surface area contributed by atoms with Gasteiger partial charge in [-0.25, -0.2) is 4.79 Å². The van der Waals surface area contributed by atoms with Gasteiger partial charge in [0.2, 0.25) is 0 Å². The monoisotopic (exact) mass is 360 g/mol. The van der Waals surface area contributed by atoms with E-state index in [1.165, 1.54) is 4.73 Å². The Hall–Kier alpha value is -1.31. The normalized spacial score (nSPS) is 11.6. The number of fused-ring (bicyclic) bond motifs is 1. The third kappa shape index (κ3) is 2.92. The summed E-state index contributed by atoms with van der Waals surface area (Å²) in [4.78, 5) is 20.8. The van der Waals surface area contributed by atoms with E-state index in [2.05, 4.69) is 27.6 Å². The molecular formula is C12H13IN2O3. The molecule has 0 unspecified atom stereocenters. The van der Waals surface area contributed by atoms with Crippen LogP contribution in [0, 0.1) is 3.57 Å². The molecule has 0 aliphatic carbocycles. The van der Waals surface area contributed by atoms with Crippen LogP contribution in [0.5, 0.6) is 0 Å². The number of pyridine rings is 1. The van der Waals surface area contributed by atoms with Crippen LogP contribution >= 0.6 is 22.6 Å². The Balaban J connectivity index is 2.25. The first-order valence-electron chi connectivity index (χ1n) is 5.39. The summed E-state index contributed by atoms with van der Waals surface area (Å²) in [5.74, 6) is 0. The van der Waals surface area contributed by atoms with Gasteiger partial charge in [-0.1, -0.05) is 0 Å². The van der Waals surface area contributed by atoms with Crippen LogP contribution in [0.2, 0.25) is 0 Å². The zero-order valence-electron chi connectivity index (χ0n) is 10.3. The number of halogens is 1. The fourth-order valence-corrected chi connectivity index (χ4v) is 2.10.